The highest BCUT2D eigenvalue weighted by atomic mass is 16.5. The third kappa shape index (κ3) is 4.01. The highest BCUT2D eigenvalue weighted by Gasteiger charge is 2.10. The number of para-hydroxylation sites is 1. The van der Waals surface area contributed by atoms with Crippen LogP contribution in [0.4, 0.5) is 0 Å². The van der Waals surface area contributed by atoms with Crippen LogP contribution in [0.1, 0.15) is 16.7 Å². The fourth-order valence-electron chi connectivity index (χ4n) is 3.01. The Labute approximate surface area is 158 Å². The van der Waals surface area contributed by atoms with Gasteiger partial charge in [-0.2, -0.15) is 5.26 Å². The molecule has 0 radical (unpaired) electrons. The van der Waals surface area contributed by atoms with E-state index in [2.05, 4.69) is 10.6 Å². The maximum atomic E-state index is 11.4. The lowest BCUT2D eigenvalue weighted by Crippen LogP contribution is -2.12. The second kappa shape index (κ2) is 7.79. The van der Waals surface area contributed by atoms with Gasteiger partial charge in [-0.25, -0.2) is 0 Å². The van der Waals surface area contributed by atoms with E-state index in [1.54, 1.807) is 0 Å². The lowest BCUT2D eigenvalue weighted by Gasteiger charge is -2.11. The number of rotatable bonds is 6. The molecule has 0 saturated carbocycles. The summed E-state index contributed by atoms with van der Waals surface area (Å²) in [7, 11) is 0. The van der Waals surface area contributed by atoms with Crippen molar-refractivity contribution in [3.8, 4) is 11.8 Å². The molecule has 0 aliphatic rings. The van der Waals surface area contributed by atoms with Gasteiger partial charge < -0.3 is 15.0 Å². The summed E-state index contributed by atoms with van der Waals surface area (Å²) in [6.07, 6.45) is 3.45. The molecule has 136 valence electrons. The predicted octanol–water partition coefficient (Wildman–Crippen LogP) is 3.73. The van der Waals surface area contributed by atoms with E-state index in [9.17, 15) is 4.79 Å². The number of amides is 1. The van der Waals surface area contributed by atoms with Gasteiger partial charge in [-0.1, -0.05) is 30.3 Å². The lowest BCUT2D eigenvalue weighted by molar-refractivity contribution is -0.114. The number of nitriles is 1. The number of primary amides is 1. The van der Waals surface area contributed by atoms with E-state index < -0.39 is 5.91 Å². The van der Waals surface area contributed by atoms with Gasteiger partial charge in [-0.15, -0.1) is 0 Å². The summed E-state index contributed by atoms with van der Waals surface area (Å²) in [5.41, 5.74) is 9.25. The molecule has 0 spiro atoms. The van der Waals surface area contributed by atoms with Crippen molar-refractivity contribution in [2.75, 3.05) is 6.61 Å². The van der Waals surface area contributed by atoms with Crippen LogP contribution in [-0.4, -0.2) is 17.1 Å². The van der Waals surface area contributed by atoms with Crippen molar-refractivity contribution in [1.82, 2.24) is 4.57 Å². The molecule has 0 fully saturated rings. The molecular formula is C22H21N3O2. The van der Waals surface area contributed by atoms with E-state index >= 15 is 0 Å². The Morgan fingerprint density at radius 2 is 2.04 bits per heavy atom. The van der Waals surface area contributed by atoms with Gasteiger partial charge in [0.1, 0.15) is 24.0 Å². The molecule has 1 heterocycles. The SMILES string of the molecule is Cc1ccc(C)c(OCCn2cc(/C=C(\C#N)C(N)=O)c3ccccc32)c1. The Morgan fingerprint density at radius 1 is 1.26 bits per heavy atom. The summed E-state index contributed by atoms with van der Waals surface area (Å²) in [6, 6.07) is 15.8. The van der Waals surface area contributed by atoms with Gasteiger partial charge in [0.2, 0.25) is 0 Å². The van der Waals surface area contributed by atoms with Gasteiger partial charge >= 0.3 is 0 Å². The van der Waals surface area contributed by atoms with Crippen molar-refractivity contribution in [3.05, 3.63) is 70.9 Å². The average Bonchev–Trinajstić information content (AvgIpc) is 3.00. The van der Waals surface area contributed by atoms with Crippen molar-refractivity contribution >= 4 is 22.9 Å². The van der Waals surface area contributed by atoms with E-state index in [0.717, 1.165) is 33.3 Å². The van der Waals surface area contributed by atoms with Gasteiger partial charge in [0, 0.05) is 22.7 Å². The van der Waals surface area contributed by atoms with Crippen LogP contribution >= 0.6 is 0 Å². The molecule has 1 amide bonds. The number of hydrogen-bond donors (Lipinski definition) is 1. The zero-order valence-corrected chi connectivity index (χ0v) is 15.4. The maximum absolute atomic E-state index is 11.4. The quantitative estimate of drug-likeness (QED) is 0.538. The minimum Gasteiger partial charge on any atom is -0.491 e. The summed E-state index contributed by atoms with van der Waals surface area (Å²) in [4.78, 5) is 11.4. The lowest BCUT2D eigenvalue weighted by atomic mass is 10.1. The highest BCUT2D eigenvalue weighted by molar-refractivity contribution is 6.03. The van der Waals surface area contributed by atoms with Gasteiger partial charge in [0.25, 0.3) is 5.91 Å². The number of nitrogens with two attached hydrogens (primary N) is 1. The summed E-state index contributed by atoms with van der Waals surface area (Å²) in [5.74, 6) is 0.152. The van der Waals surface area contributed by atoms with Gasteiger partial charge in [0.15, 0.2) is 0 Å². The van der Waals surface area contributed by atoms with Crippen LogP contribution in [-0.2, 0) is 11.3 Å². The Kier molecular flexibility index (Phi) is 5.28. The van der Waals surface area contributed by atoms with Crippen LogP contribution in [0.2, 0.25) is 0 Å². The number of ether oxygens (including phenoxy) is 1. The molecule has 0 saturated heterocycles. The summed E-state index contributed by atoms with van der Waals surface area (Å²) >= 11 is 0. The predicted molar refractivity (Wildman–Crippen MR) is 106 cm³/mol. The van der Waals surface area contributed by atoms with Crippen LogP contribution in [0.15, 0.2) is 54.2 Å². The zero-order chi connectivity index (χ0) is 19.4. The van der Waals surface area contributed by atoms with Gasteiger partial charge in [-0.3, -0.25) is 4.79 Å². The molecule has 1 aromatic heterocycles. The summed E-state index contributed by atoms with van der Waals surface area (Å²) in [6.45, 7) is 5.21. The molecule has 3 aromatic rings. The molecule has 0 unspecified atom stereocenters. The molecule has 0 aliphatic carbocycles. The van der Waals surface area contributed by atoms with Crippen LogP contribution in [0.3, 0.4) is 0 Å². The summed E-state index contributed by atoms with van der Waals surface area (Å²) < 4.78 is 8.02. The standard InChI is InChI=1S/C22H21N3O2/c1-15-7-8-16(2)21(11-15)27-10-9-25-14-18(12-17(13-23)22(24)26)19-5-3-4-6-20(19)25/h3-8,11-12,14H,9-10H2,1-2H3,(H2,24,26)/b17-12+. The van der Waals surface area contributed by atoms with E-state index in [0.29, 0.717) is 13.2 Å². The zero-order valence-electron chi connectivity index (χ0n) is 15.4. The minimum atomic E-state index is -0.729. The van der Waals surface area contributed by atoms with E-state index in [-0.39, 0.29) is 5.57 Å². The van der Waals surface area contributed by atoms with Crippen molar-refractivity contribution in [3.63, 3.8) is 0 Å². The number of carbonyl (C=O) groups is 1. The first-order valence-electron chi connectivity index (χ1n) is 8.69. The number of benzene rings is 2. The van der Waals surface area contributed by atoms with Crippen molar-refractivity contribution in [2.24, 2.45) is 5.73 Å². The molecule has 2 aromatic carbocycles. The van der Waals surface area contributed by atoms with Gasteiger partial charge in [-0.05, 0) is 43.2 Å². The third-order valence-electron chi connectivity index (χ3n) is 4.44. The first-order valence-corrected chi connectivity index (χ1v) is 8.69. The smallest absolute Gasteiger partial charge is 0.259 e. The monoisotopic (exact) mass is 359 g/mol. The minimum absolute atomic E-state index is 0.0652. The van der Waals surface area contributed by atoms with Crippen molar-refractivity contribution in [2.45, 2.75) is 20.4 Å². The number of aromatic nitrogens is 1. The first-order chi connectivity index (χ1) is 13.0. The first kappa shape index (κ1) is 18.3. The third-order valence-corrected chi connectivity index (χ3v) is 4.44. The van der Waals surface area contributed by atoms with Crippen LogP contribution < -0.4 is 10.5 Å². The molecule has 0 bridgehead atoms. The van der Waals surface area contributed by atoms with Crippen LogP contribution in [0.5, 0.6) is 5.75 Å². The van der Waals surface area contributed by atoms with Crippen LogP contribution in [0, 0.1) is 25.2 Å². The van der Waals surface area contributed by atoms with E-state index in [4.69, 9.17) is 15.7 Å². The van der Waals surface area contributed by atoms with Crippen molar-refractivity contribution < 1.29 is 9.53 Å². The molecule has 2 N–H and O–H groups in total. The second-order valence-electron chi connectivity index (χ2n) is 6.45. The molecule has 5 nitrogen and oxygen atoms in total. The number of aryl methyl sites for hydroxylation is 2. The van der Waals surface area contributed by atoms with E-state index in [1.807, 2.05) is 62.5 Å². The normalized spacial score (nSPS) is 11.4. The number of hydrogen-bond acceptors (Lipinski definition) is 3. The fourth-order valence-corrected chi connectivity index (χ4v) is 3.01. The number of fused-ring (bicyclic) bond motifs is 1. The summed E-state index contributed by atoms with van der Waals surface area (Å²) in [5, 5.41) is 10.1. The Balaban J connectivity index is 1.86. The van der Waals surface area contributed by atoms with Gasteiger partial charge in [0.05, 0.1) is 6.54 Å². The Hall–Kier alpha value is -3.52. The average molecular weight is 359 g/mol. The molecular weight excluding hydrogens is 338 g/mol. The van der Waals surface area contributed by atoms with E-state index in [1.165, 1.54) is 6.08 Å². The molecule has 0 atom stereocenters. The Morgan fingerprint density at radius 3 is 2.78 bits per heavy atom. The highest BCUT2D eigenvalue weighted by Crippen LogP contribution is 2.24. The molecule has 27 heavy (non-hydrogen) atoms. The second-order valence-corrected chi connectivity index (χ2v) is 6.45. The van der Waals surface area contributed by atoms with Crippen molar-refractivity contribution in [1.29, 1.82) is 5.26 Å². The Bertz CT molecular complexity index is 1070. The molecule has 0 aliphatic heterocycles. The maximum Gasteiger partial charge on any atom is 0.259 e. The largest absolute Gasteiger partial charge is 0.491 e. The molecule has 3 rings (SSSR count). The number of carbonyl (C=O) groups excluding carboxylic acids is 1. The number of nitrogens with zero attached hydrogens (tertiary/aromatic N) is 2. The molecule has 5 heteroatoms. The van der Waals surface area contributed by atoms with Crippen LogP contribution in [0.25, 0.3) is 17.0 Å². The fraction of sp³-hybridized carbons (Fsp3) is 0.182. The topological polar surface area (TPSA) is 81.0 Å².